The number of nitrogens with one attached hydrogen (secondary N) is 1. The van der Waals surface area contributed by atoms with Crippen molar-refractivity contribution in [3.05, 3.63) is 35.4 Å². The Morgan fingerprint density at radius 1 is 0.786 bits per heavy atom. The molecule has 0 aliphatic carbocycles. The van der Waals surface area contributed by atoms with E-state index in [2.05, 4.69) is 5.32 Å². The van der Waals surface area contributed by atoms with E-state index in [0.29, 0.717) is 47.3 Å². The second kappa shape index (κ2) is 9.73. The summed E-state index contributed by atoms with van der Waals surface area (Å²) in [5.41, 5.74) is 2.54. The lowest BCUT2D eigenvalue weighted by Crippen LogP contribution is -2.10. The van der Waals surface area contributed by atoms with E-state index in [9.17, 15) is 4.79 Å². The Morgan fingerprint density at radius 3 is 1.82 bits per heavy atom. The second-order valence-corrected chi connectivity index (χ2v) is 6.04. The average molecular weight is 389 g/mol. The molecule has 0 bridgehead atoms. The number of rotatable bonds is 9. The largest absolute Gasteiger partial charge is 0.493 e. The Balaban J connectivity index is 2.41. The van der Waals surface area contributed by atoms with Gasteiger partial charge in [0.1, 0.15) is 0 Å². The number of benzene rings is 2. The molecule has 0 radical (unpaired) electrons. The van der Waals surface area contributed by atoms with E-state index in [4.69, 9.17) is 23.7 Å². The smallest absolute Gasteiger partial charge is 0.221 e. The molecule has 152 valence electrons. The lowest BCUT2D eigenvalue weighted by molar-refractivity contribution is -0.114. The van der Waals surface area contributed by atoms with Gasteiger partial charge in [-0.05, 0) is 42.7 Å². The standard InChI is InChI=1S/C21H27NO6/c1-13(23)22-16-9-10-17(24-2)20(27-5)15(16)8-7-14-11-18(25-3)21(28-6)19(12-14)26-4/h9-12H,7-8H2,1-6H3,(H,22,23). The molecule has 2 rings (SSSR count). The normalized spacial score (nSPS) is 10.2. The van der Waals surface area contributed by atoms with E-state index in [1.54, 1.807) is 41.6 Å². The number of ether oxygens (including phenoxy) is 5. The predicted molar refractivity (Wildman–Crippen MR) is 107 cm³/mol. The zero-order valence-electron chi connectivity index (χ0n) is 17.2. The first-order valence-corrected chi connectivity index (χ1v) is 8.79. The summed E-state index contributed by atoms with van der Waals surface area (Å²) in [7, 11) is 7.90. The van der Waals surface area contributed by atoms with Crippen LogP contribution in [0.2, 0.25) is 0 Å². The van der Waals surface area contributed by atoms with Crippen LogP contribution in [-0.2, 0) is 17.6 Å². The number of carbonyl (C=O) groups is 1. The number of hydrogen-bond donors (Lipinski definition) is 1. The Kier molecular flexibility index (Phi) is 7.37. The molecule has 0 unspecified atom stereocenters. The van der Waals surface area contributed by atoms with Crippen molar-refractivity contribution in [3.8, 4) is 28.7 Å². The van der Waals surface area contributed by atoms with Crippen LogP contribution in [0, 0.1) is 0 Å². The third-order valence-corrected chi connectivity index (χ3v) is 4.35. The van der Waals surface area contributed by atoms with Gasteiger partial charge in [-0.15, -0.1) is 0 Å². The van der Waals surface area contributed by atoms with Crippen molar-refractivity contribution in [1.82, 2.24) is 0 Å². The molecule has 1 amide bonds. The molecular formula is C21H27NO6. The highest BCUT2D eigenvalue weighted by atomic mass is 16.5. The van der Waals surface area contributed by atoms with Crippen LogP contribution < -0.4 is 29.0 Å². The molecule has 7 nitrogen and oxygen atoms in total. The Hall–Kier alpha value is -3.09. The fourth-order valence-electron chi connectivity index (χ4n) is 3.09. The van der Waals surface area contributed by atoms with Crippen molar-refractivity contribution >= 4 is 11.6 Å². The summed E-state index contributed by atoms with van der Waals surface area (Å²) in [6, 6.07) is 7.40. The van der Waals surface area contributed by atoms with Crippen molar-refractivity contribution in [2.24, 2.45) is 0 Å². The summed E-state index contributed by atoms with van der Waals surface area (Å²) in [6.45, 7) is 1.47. The SMILES string of the molecule is COc1cc(CCc2c(NC(C)=O)ccc(OC)c2OC)cc(OC)c1OC. The molecule has 0 saturated heterocycles. The van der Waals surface area contributed by atoms with Gasteiger partial charge in [-0.2, -0.15) is 0 Å². The van der Waals surface area contributed by atoms with E-state index < -0.39 is 0 Å². The molecular weight excluding hydrogens is 362 g/mol. The highest BCUT2D eigenvalue weighted by molar-refractivity contribution is 5.90. The molecule has 28 heavy (non-hydrogen) atoms. The lowest BCUT2D eigenvalue weighted by atomic mass is 10.0. The zero-order valence-corrected chi connectivity index (χ0v) is 17.2. The van der Waals surface area contributed by atoms with E-state index in [1.165, 1.54) is 6.92 Å². The maximum atomic E-state index is 11.6. The fraction of sp³-hybridized carbons (Fsp3) is 0.381. The van der Waals surface area contributed by atoms with Crippen molar-refractivity contribution in [1.29, 1.82) is 0 Å². The van der Waals surface area contributed by atoms with Gasteiger partial charge in [0, 0.05) is 18.2 Å². The molecule has 2 aromatic carbocycles. The summed E-state index contributed by atoms with van der Waals surface area (Å²) in [5, 5.41) is 2.86. The topological polar surface area (TPSA) is 75.3 Å². The highest BCUT2D eigenvalue weighted by Crippen LogP contribution is 2.40. The van der Waals surface area contributed by atoms with Gasteiger partial charge >= 0.3 is 0 Å². The van der Waals surface area contributed by atoms with Crippen molar-refractivity contribution < 1.29 is 28.5 Å². The molecule has 2 aromatic rings. The molecule has 7 heteroatoms. The van der Waals surface area contributed by atoms with E-state index in [0.717, 1.165) is 11.1 Å². The van der Waals surface area contributed by atoms with E-state index in [-0.39, 0.29) is 5.91 Å². The first-order chi connectivity index (χ1) is 13.5. The minimum atomic E-state index is -0.152. The van der Waals surface area contributed by atoms with Crippen LogP contribution in [0.5, 0.6) is 28.7 Å². The molecule has 0 fully saturated rings. The summed E-state index contributed by atoms with van der Waals surface area (Å²) >= 11 is 0. The summed E-state index contributed by atoms with van der Waals surface area (Å²) < 4.78 is 27.2. The quantitative estimate of drug-likeness (QED) is 0.708. The van der Waals surface area contributed by atoms with Crippen LogP contribution in [0.4, 0.5) is 5.69 Å². The first kappa shape index (κ1) is 21.2. The number of hydrogen-bond acceptors (Lipinski definition) is 6. The Labute approximate surface area is 165 Å². The van der Waals surface area contributed by atoms with Crippen molar-refractivity contribution in [3.63, 3.8) is 0 Å². The lowest BCUT2D eigenvalue weighted by Gasteiger charge is -2.18. The Morgan fingerprint density at radius 2 is 1.36 bits per heavy atom. The summed E-state index contributed by atoms with van der Waals surface area (Å²) in [4.78, 5) is 11.6. The van der Waals surface area contributed by atoms with Crippen LogP contribution in [0.25, 0.3) is 0 Å². The molecule has 1 N–H and O–H groups in total. The third-order valence-electron chi connectivity index (χ3n) is 4.35. The fourth-order valence-corrected chi connectivity index (χ4v) is 3.09. The molecule has 0 aromatic heterocycles. The van der Waals surface area contributed by atoms with Gasteiger partial charge in [0.05, 0.1) is 35.5 Å². The van der Waals surface area contributed by atoms with Gasteiger partial charge in [0.15, 0.2) is 23.0 Å². The molecule has 0 aliphatic rings. The zero-order chi connectivity index (χ0) is 20.7. The van der Waals surface area contributed by atoms with Crippen LogP contribution in [-0.4, -0.2) is 41.5 Å². The molecule has 0 spiro atoms. The van der Waals surface area contributed by atoms with Crippen LogP contribution in [0.15, 0.2) is 24.3 Å². The number of carbonyl (C=O) groups excluding carboxylic acids is 1. The van der Waals surface area contributed by atoms with Gasteiger partial charge < -0.3 is 29.0 Å². The predicted octanol–water partition coefficient (Wildman–Crippen LogP) is 3.47. The molecule has 0 saturated carbocycles. The summed E-state index contributed by atoms with van der Waals surface area (Å²) in [6.07, 6.45) is 1.27. The van der Waals surface area contributed by atoms with Crippen molar-refractivity contribution in [2.75, 3.05) is 40.9 Å². The average Bonchev–Trinajstić information content (AvgIpc) is 2.70. The maximum Gasteiger partial charge on any atom is 0.221 e. The van der Waals surface area contributed by atoms with Gasteiger partial charge in [0.2, 0.25) is 11.7 Å². The van der Waals surface area contributed by atoms with Gasteiger partial charge in [-0.25, -0.2) is 0 Å². The summed E-state index contributed by atoms with van der Waals surface area (Å²) in [5.74, 6) is 2.79. The first-order valence-electron chi connectivity index (χ1n) is 8.79. The number of aryl methyl sites for hydroxylation is 1. The molecule has 0 atom stereocenters. The van der Waals surface area contributed by atoms with Crippen molar-refractivity contribution in [2.45, 2.75) is 19.8 Å². The molecule has 0 aliphatic heterocycles. The van der Waals surface area contributed by atoms with Gasteiger partial charge in [0.25, 0.3) is 0 Å². The third kappa shape index (κ3) is 4.60. The number of anilines is 1. The Bertz CT molecular complexity index is 809. The van der Waals surface area contributed by atoms with Crippen LogP contribution >= 0.6 is 0 Å². The van der Waals surface area contributed by atoms with Gasteiger partial charge in [-0.3, -0.25) is 4.79 Å². The van der Waals surface area contributed by atoms with Crippen LogP contribution in [0.1, 0.15) is 18.1 Å². The monoisotopic (exact) mass is 389 g/mol. The minimum absolute atomic E-state index is 0.152. The van der Waals surface area contributed by atoms with Crippen LogP contribution in [0.3, 0.4) is 0 Å². The minimum Gasteiger partial charge on any atom is -0.493 e. The number of methoxy groups -OCH3 is 5. The number of amides is 1. The van der Waals surface area contributed by atoms with E-state index in [1.807, 2.05) is 18.2 Å². The highest BCUT2D eigenvalue weighted by Gasteiger charge is 2.18. The second-order valence-electron chi connectivity index (χ2n) is 6.04. The van der Waals surface area contributed by atoms with Gasteiger partial charge in [-0.1, -0.05) is 0 Å². The maximum absolute atomic E-state index is 11.6. The molecule has 0 heterocycles. The van der Waals surface area contributed by atoms with E-state index >= 15 is 0 Å².